The van der Waals surface area contributed by atoms with Crippen LogP contribution in [0.1, 0.15) is 39.8 Å². The van der Waals surface area contributed by atoms with Crippen molar-refractivity contribution in [2.24, 2.45) is 17.5 Å². The van der Waals surface area contributed by atoms with Gasteiger partial charge in [0.15, 0.2) is 0 Å². The largest absolute Gasteiger partial charge is 0.397 e. The molecule has 0 saturated carbocycles. The zero-order valence-electron chi connectivity index (χ0n) is 11.0. The Morgan fingerprint density at radius 1 is 1.44 bits per heavy atom. The van der Waals surface area contributed by atoms with Gasteiger partial charge < -0.3 is 10.3 Å². The highest BCUT2D eigenvalue weighted by molar-refractivity contribution is 6.06. The highest BCUT2D eigenvalue weighted by Gasteiger charge is 2.24. The number of aromatic nitrogens is 1. The third-order valence-corrected chi connectivity index (χ3v) is 2.53. The van der Waals surface area contributed by atoms with Crippen molar-refractivity contribution in [2.75, 3.05) is 12.3 Å². The van der Waals surface area contributed by atoms with Crippen LogP contribution >= 0.6 is 0 Å². The van der Waals surface area contributed by atoms with Crippen LogP contribution in [0.3, 0.4) is 0 Å². The summed E-state index contributed by atoms with van der Waals surface area (Å²) < 4.78 is 2.05. The van der Waals surface area contributed by atoms with E-state index in [0.29, 0.717) is 0 Å². The monoisotopic (exact) mass is 221 g/mol. The molecule has 0 saturated heterocycles. The highest BCUT2D eigenvalue weighted by atomic mass is 15.0. The predicted molar refractivity (Wildman–Crippen MR) is 71.0 cm³/mol. The molecule has 0 radical (unpaired) electrons. The van der Waals surface area contributed by atoms with Gasteiger partial charge in [-0.2, -0.15) is 0 Å². The Hall–Kier alpha value is -1.25. The zero-order valence-corrected chi connectivity index (χ0v) is 11.0. The number of nitrogen functional groups attached to an aromatic ring is 1. The number of aliphatic imine (C=N–C) groups is 1. The molecule has 3 nitrogen and oxygen atoms in total. The van der Waals surface area contributed by atoms with E-state index in [2.05, 4.69) is 32.3 Å². The van der Waals surface area contributed by atoms with Gasteiger partial charge in [-0.1, -0.05) is 27.7 Å². The van der Waals surface area contributed by atoms with E-state index in [4.69, 9.17) is 10.7 Å². The first kappa shape index (κ1) is 12.8. The standard InChI is InChI=1S/C13H23N3/c1-6-8-15-12(13(2,3)4)11-10(14)7-9-16(11)5/h7,9H,6,8,14H2,1-5H3. The Labute approximate surface area is 98.4 Å². The van der Waals surface area contributed by atoms with Crippen molar-refractivity contribution in [3.8, 4) is 0 Å². The fourth-order valence-corrected chi connectivity index (χ4v) is 1.74. The molecule has 90 valence electrons. The topological polar surface area (TPSA) is 43.3 Å². The summed E-state index contributed by atoms with van der Waals surface area (Å²) in [6, 6.07) is 1.93. The molecule has 1 rings (SSSR count). The van der Waals surface area contributed by atoms with Gasteiger partial charge in [-0.15, -0.1) is 0 Å². The summed E-state index contributed by atoms with van der Waals surface area (Å²) in [5.74, 6) is 0. The van der Waals surface area contributed by atoms with Crippen LogP contribution in [0.25, 0.3) is 0 Å². The molecule has 2 N–H and O–H groups in total. The molecule has 0 atom stereocenters. The molecule has 3 heteroatoms. The van der Waals surface area contributed by atoms with Gasteiger partial charge in [-0.3, -0.25) is 4.99 Å². The lowest BCUT2D eigenvalue weighted by Crippen LogP contribution is -2.25. The first-order chi connectivity index (χ1) is 7.38. The van der Waals surface area contributed by atoms with Crippen LogP contribution in [-0.4, -0.2) is 16.8 Å². The number of hydrogen-bond donors (Lipinski definition) is 1. The van der Waals surface area contributed by atoms with Crippen LogP contribution in [-0.2, 0) is 7.05 Å². The molecular weight excluding hydrogens is 198 g/mol. The summed E-state index contributed by atoms with van der Waals surface area (Å²) in [5, 5.41) is 0. The van der Waals surface area contributed by atoms with Crippen LogP contribution in [0.5, 0.6) is 0 Å². The van der Waals surface area contributed by atoms with Crippen LogP contribution in [0.2, 0.25) is 0 Å². The number of hydrogen-bond acceptors (Lipinski definition) is 2. The minimum absolute atomic E-state index is 0.0232. The molecule has 0 aliphatic rings. The smallest absolute Gasteiger partial charge is 0.0857 e. The van der Waals surface area contributed by atoms with Crippen molar-refractivity contribution in [3.63, 3.8) is 0 Å². The number of aryl methyl sites for hydroxylation is 1. The summed E-state index contributed by atoms with van der Waals surface area (Å²) >= 11 is 0. The van der Waals surface area contributed by atoms with Crippen molar-refractivity contribution in [3.05, 3.63) is 18.0 Å². The Kier molecular flexibility index (Phi) is 3.79. The molecule has 0 unspecified atom stereocenters. The molecule has 0 aliphatic heterocycles. The van der Waals surface area contributed by atoms with E-state index in [9.17, 15) is 0 Å². The lowest BCUT2D eigenvalue weighted by molar-refractivity contribution is 0.584. The minimum Gasteiger partial charge on any atom is -0.397 e. The van der Waals surface area contributed by atoms with Crippen LogP contribution in [0.15, 0.2) is 17.3 Å². The first-order valence-electron chi connectivity index (χ1n) is 5.84. The van der Waals surface area contributed by atoms with Crippen molar-refractivity contribution in [1.29, 1.82) is 0 Å². The molecule has 0 aromatic carbocycles. The van der Waals surface area contributed by atoms with E-state index in [1.807, 2.05) is 19.3 Å². The third-order valence-electron chi connectivity index (χ3n) is 2.53. The molecule has 0 fully saturated rings. The number of nitrogens with two attached hydrogens (primary N) is 1. The summed E-state index contributed by atoms with van der Waals surface area (Å²) in [4.78, 5) is 4.69. The second-order valence-corrected chi connectivity index (χ2v) is 5.21. The van der Waals surface area contributed by atoms with E-state index >= 15 is 0 Å². The lowest BCUT2D eigenvalue weighted by atomic mass is 9.87. The minimum atomic E-state index is 0.0232. The Morgan fingerprint density at radius 3 is 2.44 bits per heavy atom. The predicted octanol–water partition coefficient (Wildman–Crippen LogP) is 2.85. The molecular formula is C13H23N3. The SMILES string of the molecule is CCCN=C(c1c(N)ccn1C)C(C)(C)C. The molecule has 1 heterocycles. The fraction of sp³-hybridized carbons (Fsp3) is 0.615. The first-order valence-corrected chi connectivity index (χ1v) is 5.84. The number of rotatable bonds is 3. The summed E-state index contributed by atoms with van der Waals surface area (Å²) in [6.45, 7) is 9.52. The summed E-state index contributed by atoms with van der Waals surface area (Å²) in [6.07, 6.45) is 3.04. The normalized spacial score (nSPS) is 13.2. The molecule has 16 heavy (non-hydrogen) atoms. The maximum Gasteiger partial charge on any atom is 0.0857 e. The van der Waals surface area contributed by atoms with Crippen molar-refractivity contribution >= 4 is 11.4 Å². The van der Waals surface area contributed by atoms with Crippen molar-refractivity contribution in [2.45, 2.75) is 34.1 Å². The van der Waals surface area contributed by atoms with Gasteiger partial charge >= 0.3 is 0 Å². The molecule has 0 spiro atoms. The van der Waals surface area contributed by atoms with E-state index in [1.54, 1.807) is 0 Å². The third kappa shape index (κ3) is 2.65. The van der Waals surface area contributed by atoms with Crippen LogP contribution in [0, 0.1) is 5.41 Å². The van der Waals surface area contributed by atoms with E-state index in [-0.39, 0.29) is 5.41 Å². The maximum absolute atomic E-state index is 6.01. The second kappa shape index (κ2) is 4.73. The van der Waals surface area contributed by atoms with E-state index in [0.717, 1.165) is 30.1 Å². The second-order valence-electron chi connectivity index (χ2n) is 5.21. The molecule has 0 amide bonds. The summed E-state index contributed by atoms with van der Waals surface area (Å²) in [5.41, 5.74) is 9.00. The number of anilines is 1. The Morgan fingerprint density at radius 2 is 2.06 bits per heavy atom. The Balaban J connectivity index is 3.22. The molecule has 0 aliphatic carbocycles. The van der Waals surface area contributed by atoms with Gasteiger partial charge in [0, 0.05) is 25.2 Å². The van der Waals surface area contributed by atoms with Crippen molar-refractivity contribution in [1.82, 2.24) is 4.57 Å². The van der Waals surface area contributed by atoms with E-state index in [1.165, 1.54) is 0 Å². The molecule has 1 aromatic heterocycles. The van der Waals surface area contributed by atoms with Gasteiger partial charge in [0.05, 0.1) is 17.1 Å². The fourth-order valence-electron chi connectivity index (χ4n) is 1.74. The summed E-state index contributed by atoms with van der Waals surface area (Å²) in [7, 11) is 2.01. The Bertz CT molecular complexity index is 361. The van der Waals surface area contributed by atoms with Gasteiger partial charge in [0.1, 0.15) is 0 Å². The average molecular weight is 221 g/mol. The molecule has 0 bridgehead atoms. The van der Waals surface area contributed by atoms with Crippen LogP contribution in [0.4, 0.5) is 5.69 Å². The molecule has 1 aromatic rings. The van der Waals surface area contributed by atoms with Crippen molar-refractivity contribution < 1.29 is 0 Å². The average Bonchev–Trinajstić information content (AvgIpc) is 2.47. The van der Waals surface area contributed by atoms with Gasteiger partial charge in [0.25, 0.3) is 0 Å². The lowest BCUT2D eigenvalue weighted by Gasteiger charge is -2.23. The highest BCUT2D eigenvalue weighted by Crippen LogP contribution is 2.26. The maximum atomic E-state index is 6.01. The number of nitrogens with zero attached hydrogens (tertiary/aromatic N) is 2. The van der Waals surface area contributed by atoms with Gasteiger partial charge in [-0.25, -0.2) is 0 Å². The van der Waals surface area contributed by atoms with Gasteiger partial charge in [-0.05, 0) is 12.5 Å². The van der Waals surface area contributed by atoms with Crippen LogP contribution < -0.4 is 5.73 Å². The van der Waals surface area contributed by atoms with E-state index < -0.39 is 0 Å². The van der Waals surface area contributed by atoms with Gasteiger partial charge in [0.2, 0.25) is 0 Å². The zero-order chi connectivity index (χ0) is 12.3. The quantitative estimate of drug-likeness (QED) is 0.784.